The number of hydrogen-bond donors (Lipinski definition) is 21. The van der Waals surface area contributed by atoms with Gasteiger partial charge in [0.1, 0.15) is 171 Å². The Morgan fingerprint density at radius 2 is 0.260 bits per heavy atom. The molecule has 0 aromatic carbocycles. The summed E-state index contributed by atoms with van der Waals surface area (Å²) in [6, 6.07) is 0. The van der Waals surface area contributed by atoms with Crippen molar-refractivity contribution < 1.29 is 174 Å². The zero-order chi connectivity index (χ0) is 56.1. The highest BCUT2D eigenvalue weighted by atomic mass is 16.8. The van der Waals surface area contributed by atoms with Crippen LogP contribution in [0.25, 0.3) is 0 Å². The average molecular weight is 1130 g/mol. The van der Waals surface area contributed by atoms with Gasteiger partial charge < -0.3 is 174 Å². The van der Waals surface area contributed by atoms with Crippen LogP contribution >= 0.6 is 0 Å². The number of ether oxygens (including phenoxy) is 14. The number of aliphatic hydroxyl groups excluding tert-OH is 21. The minimum Gasteiger partial charge on any atom is -0.394 e. The largest absolute Gasteiger partial charge is 0.394 e. The molecule has 21 rings (SSSR count). The smallest absolute Gasteiger partial charge is 0.187 e. The van der Waals surface area contributed by atoms with E-state index in [1.54, 1.807) is 0 Å². The number of hydrogen-bond acceptors (Lipinski definition) is 35. The lowest BCUT2D eigenvalue weighted by Crippen LogP contribution is -2.68. The van der Waals surface area contributed by atoms with Gasteiger partial charge in [0.25, 0.3) is 0 Å². The molecule has 21 N–H and O–H groups in total. The van der Waals surface area contributed by atoms with E-state index in [0.29, 0.717) is 0 Å². The molecule has 77 heavy (non-hydrogen) atoms. The second-order valence-corrected chi connectivity index (χ2v) is 19.7. The monoisotopic (exact) mass is 1130 g/mol. The van der Waals surface area contributed by atoms with Crippen molar-refractivity contribution in [1.29, 1.82) is 0 Å². The first kappa shape index (κ1) is 61.7. The van der Waals surface area contributed by atoms with Gasteiger partial charge in [0.05, 0.1) is 46.2 Å². The van der Waals surface area contributed by atoms with Gasteiger partial charge >= 0.3 is 0 Å². The van der Waals surface area contributed by atoms with Crippen molar-refractivity contribution in [2.75, 3.05) is 46.2 Å². The number of aliphatic hydroxyl groups is 21. The maximum atomic E-state index is 11.3. The van der Waals surface area contributed by atoms with Crippen LogP contribution in [0.4, 0.5) is 0 Å². The van der Waals surface area contributed by atoms with Gasteiger partial charge in [0, 0.05) is 0 Å². The van der Waals surface area contributed by atoms with E-state index in [0.717, 1.165) is 0 Å². The molecule has 21 heterocycles. The lowest BCUT2D eigenvalue weighted by molar-refractivity contribution is -0.396. The first-order chi connectivity index (χ1) is 36.7. The van der Waals surface area contributed by atoms with Gasteiger partial charge in [-0.3, -0.25) is 0 Å². The molecule has 0 aromatic heterocycles. The summed E-state index contributed by atoms with van der Waals surface area (Å²) < 4.78 is 79.5. The Labute approximate surface area is 434 Å². The van der Waals surface area contributed by atoms with Crippen LogP contribution < -0.4 is 0 Å². The van der Waals surface area contributed by atoms with E-state index in [1.807, 2.05) is 0 Å². The highest BCUT2D eigenvalue weighted by Crippen LogP contribution is 2.39. The third kappa shape index (κ3) is 12.1. The predicted octanol–water partition coefficient (Wildman–Crippen LogP) is -15.2. The van der Waals surface area contributed by atoms with Crippen LogP contribution in [0.15, 0.2) is 0 Å². The molecule has 448 valence electrons. The predicted molar refractivity (Wildman–Crippen MR) is 228 cm³/mol. The minimum atomic E-state index is -2.21. The maximum Gasteiger partial charge on any atom is 0.187 e. The van der Waals surface area contributed by atoms with E-state index >= 15 is 0 Å². The van der Waals surface area contributed by atoms with Crippen LogP contribution in [0.3, 0.4) is 0 Å². The van der Waals surface area contributed by atoms with Crippen LogP contribution in [0.5, 0.6) is 0 Å². The van der Waals surface area contributed by atoms with Gasteiger partial charge in [-0.15, -0.1) is 0 Å². The van der Waals surface area contributed by atoms with Gasteiger partial charge in [-0.2, -0.15) is 0 Å². The number of rotatable bonds is 7. The summed E-state index contributed by atoms with van der Waals surface area (Å²) in [6.07, 6.45) is -70.2. The van der Waals surface area contributed by atoms with Crippen molar-refractivity contribution in [3.05, 3.63) is 0 Å². The summed E-state index contributed by atoms with van der Waals surface area (Å²) in [5.41, 5.74) is 0. The van der Waals surface area contributed by atoms with Crippen molar-refractivity contribution in [2.24, 2.45) is 0 Å². The molecule has 0 aromatic rings. The third-order valence-corrected chi connectivity index (χ3v) is 14.8. The molecule has 35 nitrogen and oxygen atoms in total. The van der Waals surface area contributed by atoms with E-state index in [-0.39, 0.29) is 0 Å². The fourth-order valence-electron chi connectivity index (χ4n) is 10.4. The highest BCUT2D eigenvalue weighted by molar-refractivity contribution is 5.01. The van der Waals surface area contributed by atoms with Gasteiger partial charge in [-0.25, -0.2) is 0 Å². The molecule has 21 fully saturated rings. The Kier molecular flexibility index (Phi) is 20.8. The summed E-state index contributed by atoms with van der Waals surface area (Å²) in [7, 11) is 0. The van der Waals surface area contributed by atoms with Crippen LogP contribution in [-0.2, 0) is 66.3 Å². The van der Waals surface area contributed by atoms with E-state index in [2.05, 4.69) is 0 Å². The summed E-state index contributed by atoms with van der Waals surface area (Å²) in [4.78, 5) is 0. The molecule has 0 amide bonds. The van der Waals surface area contributed by atoms with Gasteiger partial charge in [0.15, 0.2) is 44.0 Å². The van der Waals surface area contributed by atoms with E-state index in [9.17, 15) is 107 Å². The normalized spacial score (nSPS) is 55.4. The quantitative estimate of drug-likeness (QED) is 0.113. The third-order valence-electron chi connectivity index (χ3n) is 14.8. The zero-order valence-electron chi connectivity index (χ0n) is 40.3. The molecular weight excluding hydrogens is 1060 g/mol. The zero-order valence-corrected chi connectivity index (χ0v) is 40.3. The van der Waals surface area contributed by atoms with Crippen molar-refractivity contribution in [2.45, 2.75) is 215 Å². The summed E-state index contributed by atoms with van der Waals surface area (Å²) >= 11 is 0. The van der Waals surface area contributed by atoms with E-state index < -0.39 is 261 Å². The van der Waals surface area contributed by atoms with Crippen molar-refractivity contribution in [3.8, 4) is 0 Å². The van der Waals surface area contributed by atoms with Gasteiger partial charge in [-0.1, -0.05) is 0 Å². The molecule has 14 bridgehead atoms. The summed E-state index contributed by atoms with van der Waals surface area (Å²) in [5.74, 6) is 0. The molecule has 9 unspecified atom stereocenters. The molecule has 35 atom stereocenters. The fraction of sp³-hybridized carbons (Fsp3) is 1.00. The standard InChI is InChI=1S/C42H70O35/c43-1-8-29-15(50)22(57)36(64-8)72-30-9(2-44)66-38(24(59)17(30)52)74-32-11(4-46)68-40(26(61)19(32)54)76-34-13(6-48)70-42(28(63)21(34)56)77-35-14(7-49)69-41(27(62)20(35)55)75-33-12(5-47)67-39(25(60)18(33)53)73-31-10(3-45)65-37(71-29)23(58)16(31)51/h8-63H,1-7H2/t8-,9-,10-,11-,12-,13-,14-,15-,16-,17-,18-,19-,20-,21-,22-,23-,24-,25-,26-,27-,28-,29-,30-,31-,32-,33-,34?,35?,36?,37?,38?,39?,40?,41?,42?/m1/s1. The van der Waals surface area contributed by atoms with Crippen LogP contribution in [0.1, 0.15) is 0 Å². The second-order valence-electron chi connectivity index (χ2n) is 19.7. The van der Waals surface area contributed by atoms with Gasteiger partial charge in [0.2, 0.25) is 0 Å². The summed E-state index contributed by atoms with van der Waals surface area (Å²) in [5, 5.41) is 230. The van der Waals surface area contributed by atoms with Gasteiger partial charge in [-0.05, 0) is 0 Å². The van der Waals surface area contributed by atoms with Crippen molar-refractivity contribution in [3.63, 3.8) is 0 Å². The van der Waals surface area contributed by atoms with E-state index in [4.69, 9.17) is 66.3 Å². The first-order valence-electron chi connectivity index (χ1n) is 24.6. The maximum absolute atomic E-state index is 11.3. The Hall–Kier alpha value is -1.40. The van der Waals surface area contributed by atoms with Crippen molar-refractivity contribution >= 4 is 0 Å². The lowest BCUT2D eigenvalue weighted by Gasteiger charge is -2.50. The molecule has 0 spiro atoms. The van der Waals surface area contributed by atoms with Crippen LogP contribution in [0, 0.1) is 0 Å². The molecule has 0 radical (unpaired) electrons. The molecule has 0 saturated carbocycles. The first-order valence-corrected chi connectivity index (χ1v) is 24.6. The molecule has 0 aliphatic carbocycles. The Bertz CT molecular complexity index is 1470. The lowest BCUT2D eigenvalue weighted by atomic mass is 9.95. The minimum absolute atomic E-state index is 1.05. The Morgan fingerprint density at radius 1 is 0.156 bits per heavy atom. The van der Waals surface area contributed by atoms with Crippen LogP contribution in [0.2, 0.25) is 0 Å². The second kappa shape index (κ2) is 26.0. The van der Waals surface area contributed by atoms with Crippen LogP contribution in [-0.4, -0.2) is 368 Å². The SMILES string of the molecule is OC[C@H]1OC2OC3[C@@H](CO)OC(O[C@H]4[C@H](O)[C@@H](O)C(O[C@H]5[C@H](O)[C@@H](O)C(O[C@H]6[C@H](O)[C@@H](O)C(O[C@H]7[C@H](O)[C@@H](O)C(O[C@H]8[C@H](O)[C@@H](O)C(OC1[C@H](O)[C@H]2O)O[C@@H]8CO)O[C@@H]7CO)O[C@@H]6CO)O[C@@H]5CO)O[C@@H]4CO)[C@H](O)[C@H]3O. The average Bonchev–Trinajstić information content (AvgIpc) is 3.44. The van der Waals surface area contributed by atoms with Crippen molar-refractivity contribution in [1.82, 2.24) is 0 Å². The summed E-state index contributed by atoms with van der Waals surface area (Å²) in [6.45, 7) is -7.33. The topological polar surface area (TPSA) is 554 Å². The molecule has 35 heteroatoms. The molecule has 21 saturated heterocycles. The van der Waals surface area contributed by atoms with E-state index in [1.165, 1.54) is 0 Å². The Balaban J connectivity index is 1.08. The molecule has 21 aliphatic heterocycles. The molecular formula is C42H70O35. The fourth-order valence-corrected chi connectivity index (χ4v) is 10.4. The highest BCUT2D eigenvalue weighted by Gasteiger charge is 2.59. The Morgan fingerprint density at radius 3 is 0.351 bits per heavy atom. The molecule has 21 aliphatic rings.